The van der Waals surface area contributed by atoms with Gasteiger partial charge in [0.2, 0.25) is 0 Å². The first-order valence-electron chi connectivity index (χ1n) is 7.25. The zero-order chi connectivity index (χ0) is 15.2. The SMILES string of the molecule is CCNC(Cc1cccc(OC)c1)c1cc(C)cc(Br)c1. The molecular formula is C18H22BrNO. The lowest BCUT2D eigenvalue weighted by Crippen LogP contribution is -2.23. The van der Waals surface area contributed by atoms with Crippen LogP contribution in [0.2, 0.25) is 0 Å². The van der Waals surface area contributed by atoms with Gasteiger partial charge in [0.05, 0.1) is 7.11 Å². The van der Waals surface area contributed by atoms with E-state index in [1.165, 1.54) is 16.7 Å². The highest BCUT2D eigenvalue weighted by Gasteiger charge is 2.12. The Kier molecular flexibility index (Phi) is 5.83. The maximum Gasteiger partial charge on any atom is 0.119 e. The van der Waals surface area contributed by atoms with Crippen molar-refractivity contribution in [3.63, 3.8) is 0 Å². The van der Waals surface area contributed by atoms with Gasteiger partial charge in [-0.15, -0.1) is 0 Å². The van der Waals surface area contributed by atoms with E-state index in [-0.39, 0.29) is 0 Å². The van der Waals surface area contributed by atoms with Gasteiger partial charge in [0, 0.05) is 10.5 Å². The van der Waals surface area contributed by atoms with E-state index in [9.17, 15) is 0 Å². The number of nitrogens with one attached hydrogen (secondary N) is 1. The first-order chi connectivity index (χ1) is 10.1. The molecular weight excluding hydrogens is 326 g/mol. The van der Waals surface area contributed by atoms with Crippen LogP contribution in [0.25, 0.3) is 0 Å². The average Bonchev–Trinajstić information content (AvgIpc) is 2.46. The van der Waals surface area contributed by atoms with Gasteiger partial charge in [-0.2, -0.15) is 0 Å². The highest BCUT2D eigenvalue weighted by atomic mass is 79.9. The van der Waals surface area contributed by atoms with E-state index in [0.29, 0.717) is 6.04 Å². The molecule has 2 aromatic carbocycles. The number of hydrogen-bond donors (Lipinski definition) is 1. The van der Waals surface area contributed by atoms with Crippen LogP contribution in [0, 0.1) is 6.92 Å². The molecule has 0 amide bonds. The van der Waals surface area contributed by atoms with Crippen molar-refractivity contribution >= 4 is 15.9 Å². The van der Waals surface area contributed by atoms with E-state index in [1.54, 1.807) is 7.11 Å². The van der Waals surface area contributed by atoms with Gasteiger partial charge in [-0.25, -0.2) is 0 Å². The van der Waals surface area contributed by atoms with Crippen molar-refractivity contribution < 1.29 is 4.74 Å². The Bertz CT molecular complexity index is 577. The molecule has 1 unspecified atom stereocenters. The van der Waals surface area contributed by atoms with Crippen LogP contribution in [0.15, 0.2) is 46.9 Å². The fourth-order valence-electron chi connectivity index (χ4n) is 2.56. The zero-order valence-corrected chi connectivity index (χ0v) is 14.4. The molecule has 0 radical (unpaired) electrons. The van der Waals surface area contributed by atoms with Crippen LogP contribution in [-0.2, 0) is 6.42 Å². The van der Waals surface area contributed by atoms with Gasteiger partial charge in [-0.05, 0) is 60.8 Å². The number of halogens is 1. The largest absolute Gasteiger partial charge is 0.497 e. The standard InChI is InChI=1S/C18H22BrNO/c1-4-20-18(15-8-13(2)9-16(19)12-15)11-14-6-5-7-17(10-14)21-3/h5-10,12,18,20H,4,11H2,1-3H3. The van der Waals surface area contributed by atoms with Gasteiger partial charge in [0.15, 0.2) is 0 Å². The molecule has 1 N–H and O–H groups in total. The molecule has 0 saturated heterocycles. The van der Waals surface area contributed by atoms with Crippen molar-refractivity contribution in [2.45, 2.75) is 26.3 Å². The minimum absolute atomic E-state index is 0.304. The highest BCUT2D eigenvalue weighted by molar-refractivity contribution is 9.10. The Morgan fingerprint density at radius 2 is 2.00 bits per heavy atom. The summed E-state index contributed by atoms with van der Waals surface area (Å²) in [5.74, 6) is 0.910. The van der Waals surface area contributed by atoms with Gasteiger partial charge < -0.3 is 10.1 Å². The predicted octanol–water partition coefficient (Wildman–Crippen LogP) is 4.66. The molecule has 1 atom stereocenters. The summed E-state index contributed by atoms with van der Waals surface area (Å²) in [6.45, 7) is 5.21. The van der Waals surface area contributed by atoms with E-state index in [4.69, 9.17) is 4.74 Å². The van der Waals surface area contributed by atoms with Crippen molar-refractivity contribution in [1.82, 2.24) is 5.32 Å². The van der Waals surface area contributed by atoms with E-state index < -0.39 is 0 Å². The summed E-state index contributed by atoms with van der Waals surface area (Å²) in [5, 5.41) is 3.58. The maximum atomic E-state index is 5.31. The summed E-state index contributed by atoms with van der Waals surface area (Å²) in [7, 11) is 1.71. The molecule has 0 aromatic heterocycles. The van der Waals surface area contributed by atoms with Crippen LogP contribution in [-0.4, -0.2) is 13.7 Å². The fraction of sp³-hybridized carbons (Fsp3) is 0.333. The summed E-state index contributed by atoms with van der Waals surface area (Å²) in [6.07, 6.45) is 0.945. The van der Waals surface area contributed by atoms with Crippen molar-refractivity contribution in [2.75, 3.05) is 13.7 Å². The Morgan fingerprint density at radius 3 is 2.67 bits per heavy atom. The van der Waals surface area contributed by atoms with Crippen LogP contribution in [0.3, 0.4) is 0 Å². The molecule has 0 aliphatic carbocycles. The lowest BCUT2D eigenvalue weighted by Gasteiger charge is -2.20. The third kappa shape index (κ3) is 4.58. The topological polar surface area (TPSA) is 21.3 Å². The molecule has 112 valence electrons. The number of rotatable bonds is 6. The van der Waals surface area contributed by atoms with Crippen molar-refractivity contribution in [3.05, 3.63) is 63.6 Å². The second-order valence-electron chi connectivity index (χ2n) is 5.23. The van der Waals surface area contributed by atoms with Gasteiger partial charge >= 0.3 is 0 Å². The minimum Gasteiger partial charge on any atom is -0.497 e. The minimum atomic E-state index is 0.304. The number of likely N-dealkylation sites (N-methyl/N-ethyl adjacent to an activating group) is 1. The number of benzene rings is 2. The third-order valence-corrected chi connectivity index (χ3v) is 3.95. The summed E-state index contributed by atoms with van der Waals surface area (Å²) in [6, 6.07) is 15.2. The van der Waals surface area contributed by atoms with Gasteiger partial charge in [-0.1, -0.05) is 41.1 Å². The molecule has 21 heavy (non-hydrogen) atoms. The molecule has 0 aliphatic rings. The first kappa shape index (κ1) is 16.1. The van der Waals surface area contributed by atoms with Crippen LogP contribution >= 0.6 is 15.9 Å². The number of aryl methyl sites for hydroxylation is 1. The first-order valence-corrected chi connectivity index (χ1v) is 8.05. The monoisotopic (exact) mass is 347 g/mol. The Hall–Kier alpha value is -1.32. The lowest BCUT2D eigenvalue weighted by atomic mass is 9.97. The van der Waals surface area contributed by atoms with Gasteiger partial charge in [-0.3, -0.25) is 0 Å². The second kappa shape index (κ2) is 7.62. The molecule has 2 rings (SSSR count). The summed E-state index contributed by atoms with van der Waals surface area (Å²) in [4.78, 5) is 0. The third-order valence-electron chi connectivity index (χ3n) is 3.49. The smallest absolute Gasteiger partial charge is 0.119 e. The predicted molar refractivity (Wildman–Crippen MR) is 92.0 cm³/mol. The average molecular weight is 348 g/mol. The maximum absolute atomic E-state index is 5.31. The summed E-state index contributed by atoms with van der Waals surface area (Å²) in [5.41, 5.74) is 3.86. The van der Waals surface area contributed by atoms with Crippen LogP contribution in [0.1, 0.15) is 29.7 Å². The zero-order valence-electron chi connectivity index (χ0n) is 12.8. The van der Waals surface area contributed by atoms with Crippen LogP contribution in [0.4, 0.5) is 0 Å². The highest BCUT2D eigenvalue weighted by Crippen LogP contribution is 2.25. The molecule has 0 heterocycles. The normalized spacial score (nSPS) is 12.2. The van der Waals surface area contributed by atoms with E-state index in [0.717, 1.165) is 23.2 Å². The second-order valence-corrected chi connectivity index (χ2v) is 6.14. The molecule has 2 nitrogen and oxygen atoms in total. The summed E-state index contributed by atoms with van der Waals surface area (Å²) < 4.78 is 6.44. The van der Waals surface area contributed by atoms with Crippen LogP contribution in [0.5, 0.6) is 5.75 Å². The molecule has 0 bridgehead atoms. The fourth-order valence-corrected chi connectivity index (χ4v) is 3.18. The van der Waals surface area contributed by atoms with Gasteiger partial charge in [0.25, 0.3) is 0 Å². The molecule has 3 heteroatoms. The Labute approximate surface area is 135 Å². The molecule has 0 spiro atoms. The molecule has 0 saturated carbocycles. The molecule has 0 aliphatic heterocycles. The number of methoxy groups -OCH3 is 1. The lowest BCUT2D eigenvalue weighted by molar-refractivity contribution is 0.414. The van der Waals surface area contributed by atoms with E-state index in [2.05, 4.69) is 65.4 Å². The molecule has 0 fully saturated rings. The quantitative estimate of drug-likeness (QED) is 0.820. The Balaban J connectivity index is 2.25. The van der Waals surface area contributed by atoms with Gasteiger partial charge in [0.1, 0.15) is 5.75 Å². The van der Waals surface area contributed by atoms with Crippen LogP contribution < -0.4 is 10.1 Å². The summed E-state index contributed by atoms with van der Waals surface area (Å²) >= 11 is 3.59. The number of hydrogen-bond acceptors (Lipinski definition) is 2. The van der Waals surface area contributed by atoms with Crippen molar-refractivity contribution in [1.29, 1.82) is 0 Å². The number of ether oxygens (including phenoxy) is 1. The molecule has 2 aromatic rings. The van der Waals surface area contributed by atoms with E-state index >= 15 is 0 Å². The van der Waals surface area contributed by atoms with Crippen molar-refractivity contribution in [2.24, 2.45) is 0 Å². The van der Waals surface area contributed by atoms with Crippen molar-refractivity contribution in [3.8, 4) is 5.75 Å². The Morgan fingerprint density at radius 1 is 1.19 bits per heavy atom. The van der Waals surface area contributed by atoms with E-state index in [1.807, 2.05) is 12.1 Å².